The summed E-state index contributed by atoms with van der Waals surface area (Å²) in [5.74, 6) is -0.128. The van der Waals surface area contributed by atoms with Crippen LogP contribution in [0.15, 0.2) is 16.3 Å². The van der Waals surface area contributed by atoms with Crippen LogP contribution in [0.1, 0.15) is 19.8 Å². The number of nitrogens with one attached hydrogen (secondary N) is 1. The number of aliphatic hydroxyl groups is 1. The number of β-lactam (4-membered cyclic amide) rings is 1. The van der Waals surface area contributed by atoms with Crippen molar-refractivity contribution in [1.29, 1.82) is 0 Å². The SMILES string of the molecule is C[C@@H](O)[C@H]1C(=O)N2C(C(=O)O)=C(C[C@@H]3CNC(CSCC(=O)N(C)C)=N3)C[C@H]12. The zero-order valence-corrected chi connectivity index (χ0v) is 17.0. The van der Waals surface area contributed by atoms with Gasteiger partial charge in [-0.15, -0.1) is 11.8 Å². The van der Waals surface area contributed by atoms with Gasteiger partial charge in [-0.2, -0.15) is 0 Å². The van der Waals surface area contributed by atoms with Gasteiger partial charge in [-0.05, 0) is 25.3 Å². The lowest BCUT2D eigenvalue weighted by Crippen LogP contribution is -2.61. The van der Waals surface area contributed by atoms with Gasteiger partial charge in [0.2, 0.25) is 11.8 Å². The lowest BCUT2D eigenvalue weighted by atomic mass is 9.82. The third kappa shape index (κ3) is 3.88. The summed E-state index contributed by atoms with van der Waals surface area (Å²) in [6.07, 6.45) is 0.144. The first-order valence-corrected chi connectivity index (χ1v) is 10.4. The van der Waals surface area contributed by atoms with Crippen molar-refractivity contribution < 1.29 is 24.6 Å². The number of hydrogen-bond acceptors (Lipinski definition) is 7. The van der Waals surface area contributed by atoms with E-state index in [9.17, 15) is 24.6 Å². The van der Waals surface area contributed by atoms with Crippen molar-refractivity contribution in [3.63, 3.8) is 0 Å². The second-order valence-corrected chi connectivity index (χ2v) is 8.58. The molecule has 0 radical (unpaired) electrons. The molecule has 0 bridgehead atoms. The third-order valence-corrected chi connectivity index (χ3v) is 6.28. The molecule has 9 nitrogen and oxygen atoms in total. The molecular formula is C18H26N4O5S. The highest BCUT2D eigenvalue weighted by Crippen LogP contribution is 2.45. The highest BCUT2D eigenvalue weighted by atomic mass is 32.2. The lowest BCUT2D eigenvalue weighted by molar-refractivity contribution is -0.161. The number of amides is 2. The molecule has 2 amide bonds. The van der Waals surface area contributed by atoms with Crippen LogP contribution in [0.4, 0.5) is 0 Å². The molecule has 0 aromatic rings. The standard InChI is InChI=1S/C18H26N4O5S/c1-9(23)15-12-5-10(16(18(26)27)22(12)17(15)25)4-11-6-19-13(20-11)7-28-8-14(24)21(2)3/h9,11-12,15,23H,4-8H2,1-3H3,(H,19,20)(H,26,27)/t9-,11-,12-,15-/m1/s1. The first-order chi connectivity index (χ1) is 13.2. The zero-order valence-electron chi connectivity index (χ0n) is 16.2. The predicted octanol–water partition coefficient (Wildman–Crippen LogP) is -0.482. The molecule has 3 aliphatic rings. The number of aliphatic carboxylic acids is 1. The molecular weight excluding hydrogens is 384 g/mol. The minimum Gasteiger partial charge on any atom is -0.477 e. The van der Waals surface area contributed by atoms with E-state index in [0.717, 1.165) is 5.84 Å². The Bertz CT molecular complexity index is 748. The summed E-state index contributed by atoms with van der Waals surface area (Å²) in [6.45, 7) is 2.17. The Morgan fingerprint density at radius 2 is 2.14 bits per heavy atom. The molecule has 0 aromatic heterocycles. The van der Waals surface area contributed by atoms with Gasteiger partial charge in [-0.3, -0.25) is 14.6 Å². The molecule has 3 rings (SSSR count). The summed E-state index contributed by atoms with van der Waals surface area (Å²) in [5.41, 5.74) is 0.766. The second-order valence-electron chi connectivity index (χ2n) is 7.60. The molecule has 1 saturated heterocycles. The smallest absolute Gasteiger partial charge is 0.352 e. The summed E-state index contributed by atoms with van der Waals surface area (Å²) in [6, 6.07) is -0.359. The van der Waals surface area contributed by atoms with E-state index < -0.39 is 18.0 Å². The van der Waals surface area contributed by atoms with Crippen molar-refractivity contribution in [3.8, 4) is 0 Å². The van der Waals surface area contributed by atoms with Crippen molar-refractivity contribution in [3.05, 3.63) is 11.3 Å². The number of nitrogens with zero attached hydrogens (tertiary/aromatic N) is 3. The van der Waals surface area contributed by atoms with Crippen LogP contribution in [0.2, 0.25) is 0 Å². The van der Waals surface area contributed by atoms with Gasteiger partial charge in [0.05, 0.1) is 35.6 Å². The van der Waals surface area contributed by atoms with E-state index in [1.165, 1.54) is 16.7 Å². The van der Waals surface area contributed by atoms with Crippen molar-refractivity contribution >= 4 is 35.4 Å². The van der Waals surface area contributed by atoms with Crippen molar-refractivity contribution in [2.24, 2.45) is 10.9 Å². The summed E-state index contributed by atoms with van der Waals surface area (Å²) in [4.78, 5) is 43.1. The molecule has 0 aliphatic carbocycles. The number of carboxylic acids is 1. The zero-order chi connectivity index (χ0) is 20.6. The Labute approximate surface area is 167 Å². The van der Waals surface area contributed by atoms with Gasteiger partial charge < -0.3 is 25.3 Å². The Balaban J connectivity index is 1.61. The normalized spacial score (nSPS) is 27.1. The number of carbonyl (C=O) groups excluding carboxylic acids is 2. The van der Waals surface area contributed by atoms with Crippen LogP contribution in [-0.2, 0) is 14.4 Å². The van der Waals surface area contributed by atoms with Crippen LogP contribution < -0.4 is 5.32 Å². The van der Waals surface area contributed by atoms with Gasteiger partial charge >= 0.3 is 5.97 Å². The van der Waals surface area contributed by atoms with Crippen LogP contribution in [0.3, 0.4) is 0 Å². The average Bonchev–Trinajstić information content (AvgIpc) is 3.17. The maximum atomic E-state index is 12.3. The average molecular weight is 410 g/mol. The Kier molecular flexibility index (Phi) is 5.99. The maximum absolute atomic E-state index is 12.3. The van der Waals surface area contributed by atoms with E-state index in [1.54, 1.807) is 25.9 Å². The summed E-state index contributed by atoms with van der Waals surface area (Å²) in [7, 11) is 3.44. The molecule has 10 heteroatoms. The van der Waals surface area contributed by atoms with Gasteiger partial charge in [0, 0.05) is 20.6 Å². The second kappa shape index (κ2) is 8.12. The van der Waals surface area contributed by atoms with Crippen LogP contribution in [-0.4, -0.2) is 94.0 Å². The summed E-state index contributed by atoms with van der Waals surface area (Å²) < 4.78 is 0. The largest absolute Gasteiger partial charge is 0.477 e. The Morgan fingerprint density at radius 1 is 1.43 bits per heavy atom. The molecule has 0 spiro atoms. The molecule has 0 aromatic carbocycles. The van der Waals surface area contributed by atoms with E-state index in [2.05, 4.69) is 10.3 Å². The molecule has 0 unspecified atom stereocenters. The molecule has 1 fully saturated rings. The Hall–Kier alpha value is -2.07. The minimum atomic E-state index is -1.11. The van der Waals surface area contributed by atoms with Gasteiger partial charge in [0.1, 0.15) is 11.5 Å². The quantitative estimate of drug-likeness (QED) is 0.462. The van der Waals surface area contributed by atoms with Gasteiger partial charge in [0.25, 0.3) is 0 Å². The molecule has 0 saturated carbocycles. The van der Waals surface area contributed by atoms with E-state index in [-0.39, 0.29) is 29.6 Å². The maximum Gasteiger partial charge on any atom is 0.352 e. The van der Waals surface area contributed by atoms with E-state index in [4.69, 9.17) is 0 Å². The third-order valence-electron chi connectivity index (χ3n) is 5.35. The van der Waals surface area contributed by atoms with E-state index >= 15 is 0 Å². The number of aliphatic hydroxyl groups excluding tert-OH is 1. The fourth-order valence-corrected chi connectivity index (χ4v) is 4.85. The number of carbonyl (C=O) groups is 3. The molecule has 154 valence electrons. The van der Waals surface area contributed by atoms with Crippen molar-refractivity contribution in [2.75, 3.05) is 32.1 Å². The number of hydrogen-bond donors (Lipinski definition) is 3. The summed E-state index contributed by atoms with van der Waals surface area (Å²) in [5, 5.41) is 22.6. The first-order valence-electron chi connectivity index (χ1n) is 9.25. The lowest BCUT2D eigenvalue weighted by Gasteiger charge is -2.44. The predicted molar refractivity (Wildman–Crippen MR) is 105 cm³/mol. The number of carboxylic acid groups (broad SMARTS) is 1. The number of fused-ring (bicyclic) bond motifs is 1. The fourth-order valence-electron chi connectivity index (χ4n) is 3.94. The van der Waals surface area contributed by atoms with Gasteiger partial charge in [0.15, 0.2) is 0 Å². The molecule has 3 heterocycles. The monoisotopic (exact) mass is 410 g/mol. The van der Waals surface area contributed by atoms with Crippen molar-refractivity contribution in [2.45, 2.75) is 38.0 Å². The first kappa shape index (κ1) is 20.7. The number of rotatable bonds is 8. The van der Waals surface area contributed by atoms with Crippen LogP contribution in [0.25, 0.3) is 0 Å². The summed E-state index contributed by atoms with van der Waals surface area (Å²) >= 11 is 1.48. The molecule has 4 atom stereocenters. The van der Waals surface area contributed by atoms with Gasteiger partial charge in [-0.1, -0.05) is 0 Å². The van der Waals surface area contributed by atoms with Crippen LogP contribution in [0.5, 0.6) is 0 Å². The number of aliphatic imine (C=N–C) groups is 1. The highest BCUT2D eigenvalue weighted by Gasteiger charge is 2.56. The van der Waals surface area contributed by atoms with Gasteiger partial charge in [-0.25, -0.2) is 4.79 Å². The topological polar surface area (TPSA) is 123 Å². The van der Waals surface area contributed by atoms with Crippen molar-refractivity contribution in [1.82, 2.24) is 15.1 Å². The minimum absolute atomic E-state index is 0.0456. The molecule has 28 heavy (non-hydrogen) atoms. The number of thioether (sulfide) groups is 1. The number of amidine groups is 1. The molecule has 3 aliphatic heterocycles. The molecule has 3 N–H and O–H groups in total. The van der Waals surface area contributed by atoms with Crippen LogP contribution >= 0.6 is 11.8 Å². The van der Waals surface area contributed by atoms with E-state index in [1.807, 2.05) is 0 Å². The highest BCUT2D eigenvalue weighted by molar-refractivity contribution is 8.00. The van der Waals surface area contributed by atoms with Crippen LogP contribution in [0, 0.1) is 5.92 Å². The fraction of sp³-hybridized carbons (Fsp3) is 0.667. The Morgan fingerprint density at radius 3 is 2.75 bits per heavy atom. The van der Waals surface area contributed by atoms with E-state index in [0.29, 0.717) is 36.5 Å².